The fourth-order valence-electron chi connectivity index (χ4n) is 6.40. The fraction of sp³-hybridized carbons (Fsp3) is 0.211. The van der Waals surface area contributed by atoms with Crippen LogP contribution in [0.15, 0.2) is 96.3 Å². The fourth-order valence-corrected chi connectivity index (χ4v) is 6.40. The Balaban J connectivity index is 0.000000229. The summed E-state index contributed by atoms with van der Waals surface area (Å²) < 4.78 is 16.1. The molecule has 0 atom stereocenters. The molecule has 0 aromatic heterocycles. The highest BCUT2D eigenvalue weighted by atomic mass is 16.5. The van der Waals surface area contributed by atoms with Gasteiger partial charge in [-0.15, -0.1) is 0 Å². The average molecular weight is 602 g/mol. The standard InChI is InChI=1S/C28H27NO3.C10H8O3/c1-28(2)11-5-6-19-20-9-7-17-12-18(29)14-21(26(17)27(20)23(30)15-22(19)28)16-8-10-24(31-3)25(13-16)32-4;11-10(12)8-5-7-3-1-2-4-9(7)13-6-8/h5-10,12-14H,11,15,29H2,1-4H3;1-4,6H,5H2,(H,11,12). The highest BCUT2D eigenvalue weighted by Gasteiger charge is 2.35. The number of aliphatic carboxylic acids is 1. The first kappa shape index (κ1) is 29.8. The van der Waals surface area contributed by atoms with Gasteiger partial charge in [-0.3, -0.25) is 4.79 Å². The molecule has 1 heterocycles. The molecule has 2 aliphatic carbocycles. The predicted molar refractivity (Wildman–Crippen MR) is 177 cm³/mol. The van der Waals surface area contributed by atoms with Crippen LogP contribution in [0.4, 0.5) is 5.69 Å². The van der Waals surface area contributed by atoms with Crippen LogP contribution >= 0.6 is 0 Å². The minimum absolute atomic E-state index is 0.0142. The summed E-state index contributed by atoms with van der Waals surface area (Å²) >= 11 is 0. The van der Waals surface area contributed by atoms with Gasteiger partial charge < -0.3 is 25.1 Å². The second-order valence-electron chi connectivity index (χ2n) is 12.1. The van der Waals surface area contributed by atoms with E-state index >= 15 is 0 Å². The van der Waals surface area contributed by atoms with Gasteiger partial charge in [0.25, 0.3) is 0 Å². The molecule has 3 aliphatic rings. The number of carboxylic acids is 1. The number of ether oxygens (including phenoxy) is 3. The van der Waals surface area contributed by atoms with Crippen LogP contribution in [0.25, 0.3) is 27.5 Å². The van der Waals surface area contributed by atoms with E-state index in [2.05, 4.69) is 38.1 Å². The molecular formula is C38H35NO6. The predicted octanol–water partition coefficient (Wildman–Crippen LogP) is 8.02. The normalized spacial score (nSPS) is 15.9. The zero-order valence-electron chi connectivity index (χ0n) is 25.8. The number of Topliss-reactive ketones (excluding diaryl/α,β-unsaturated/α-hetero) is 1. The van der Waals surface area contributed by atoms with Crippen molar-refractivity contribution in [2.75, 3.05) is 20.0 Å². The van der Waals surface area contributed by atoms with Crippen LogP contribution in [0.2, 0.25) is 0 Å². The lowest BCUT2D eigenvalue weighted by Gasteiger charge is -2.35. The van der Waals surface area contributed by atoms with E-state index in [-0.39, 0.29) is 11.2 Å². The van der Waals surface area contributed by atoms with Crippen LogP contribution in [-0.4, -0.2) is 31.1 Å². The summed E-state index contributed by atoms with van der Waals surface area (Å²) in [5.74, 6) is 1.28. The second kappa shape index (κ2) is 11.7. The van der Waals surface area contributed by atoms with Crippen molar-refractivity contribution in [1.82, 2.24) is 0 Å². The summed E-state index contributed by atoms with van der Waals surface area (Å²) in [6.45, 7) is 4.45. The molecule has 228 valence electrons. The highest BCUT2D eigenvalue weighted by Crippen LogP contribution is 2.49. The van der Waals surface area contributed by atoms with Crippen molar-refractivity contribution in [2.24, 2.45) is 5.41 Å². The Morgan fingerprint density at radius 1 is 0.933 bits per heavy atom. The van der Waals surface area contributed by atoms with Crippen molar-refractivity contribution in [3.8, 4) is 28.4 Å². The molecule has 4 aromatic carbocycles. The van der Waals surface area contributed by atoms with Crippen LogP contribution in [0.5, 0.6) is 17.2 Å². The van der Waals surface area contributed by atoms with Crippen molar-refractivity contribution in [3.05, 3.63) is 113 Å². The molecular weight excluding hydrogens is 566 g/mol. The molecule has 0 saturated carbocycles. The van der Waals surface area contributed by atoms with Gasteiger partial charge in [-0.1, -0.05) is 62.4 Å². The maximum Gasteiger partial charge on any atom is 0.335 e. The Labute approximate surface area is 262 Å². The van der Waals surface area contributed by atoms with Gasteiger partial charge in [0.2, 0.25) is 0 Å². The van der Waals surface area contributed by atoms with E-state index in [1.807, 2.05) is 54.6 Å². The third-order valence-electron chi connectivity index (χ3n) is 8.75. The number of benzene rings is 4. The number of hydrogen-bond acceptors (Lipinski definition) is 6. The van der Waals surface area contributed by atoms with Crippen LogP contribution in [0.1, 0.15) is 48.2 Å². The number of nitrogen functional groups attached to an aromatic ring is 1. The number of carboxylic acid groups (broad SMARTS) is 1. The SMILES string of the molecule is COc1ccc(-c2cc(N)cc3ccc4c(c23)C(=O)CC2=C4C=CCC2(C)C)cc1OC.O=C(O)C1=COc2ccccc2C1. The van der Waals surface area contributed by atoms with Crippen molar-refractivity contribution >= 4 is 33.8 Å². The van der Waals surface area contributed by atoms with Gasteiger partial charge in [0.15, 0.2) is 17.3 Å². The Kier molecular flexibility index (Phi) is 7.71. The molecule has 7 heteroatoms. The van der Waals surface area contributed by atoms with Gasteiger partial charge in [0, 0.05) is 29.5 Å². The lowest BCUT2D eigenvalue weighted by molar-refractivity contribution is -0.132. The number of nitrogens with two attached hydrogens (primary N) is 1. The van der Waals surface area contributed by atoms with E-state index in [1.54, 1.807) is 14.2 Å². The third-order valence-corrected chi connectivity index (χ3v) is 8.75. The number of fused-ring (bicyclic) bond motifs is 5. The van der Waals surface area contributed by atoms with E-state index in [0.29, 0.717) is 35.6 Å². The Hall–Kier alpha value is -5.30. The number of anilines is 1. The van der Waals surface area contributed by atoms with Crippen molar-refractivity contribution in [1.29, 1.82) is 0 Å². The van der Waals surface area contributed by atoms with Crippen molar-refractivity contribution < 1.29 is 28.9 Å². The minimum Gasteiger partial charge on any atom is -0.493 e. The number of hydrogen-bond donors (Lipinski definition) is 2. The minimum atomic E-state index is -0.922. The van der Waals surface area contributed by atoms with Gasteiger partial charge in [-0.25, -0.2) is 4.79 Å². The number of ketones is 1. The van der Waals surface area contributed by atoms with E-state index in [4.69, 9.17) is 25.1 Å². The summed E-state index contributed by atoms with van der Waals surface area (Å²) in [7, 11) is 3.24. The smallest absolute Gasteiger partial charge is 0.335 e. The molecule has 0 radical (unpaired) electrons. The van der Waals surface area contributed by atoms with Gasteiger partial charge >= 0.3 is 5.97 Å². The molecule has 0 bridgehead atoms. The summed E-state index contributed by atoms with van der Waals surface area (Å²) in [5, 5.41) is 10.6. The molecule has 0 unspecified atom stereocenters. The maximum atomic E-state index is 13.6. The van der Waals surface area contributed by atoms with E-state index in [9.17, 15) is 9.59 Å². The van der Waals surface area contributed by atoms with Crippen molar-refractivity contribution in [3.63, 3.8) is 0 Å². The first-order valence-corrected chi connectivity index (χ1v) is 14.8. The molecule has 0 spiro atoms. The molecule has 0 saturated heterocycles. The van der Waals surface area contributed by atoms with Crippen LogP contribution in [0.3, 0.4) is 0 Å². The zero-order valence-corrected chi connectivity index (χ0v) is 25.8. The summed E-state index contributed by atoms with van der Waals surface area (Å²) in [6, 6.07) is 21.3. The number of methoxy groups -OCH3 is 2. The van der Waals surface area contributed by atoms with Crippen LogP contribution in [-0.2, 0) is 11.2 Å². The summed E-state index contributed by atoms with van der Waals surface area (Å²) in [6.07, 6.45) is 7.55. The van der Waals surface area contributed by atoms with E-state index in [1.165, 1.54) is 17.4 Å². The quantitative estimate of drug-likeness (QED) is 0.228. The van der Waals surface area contributed by atoms with Gasteiger partial charge in [-0.2, -0.15) is 0 Å². The molecule has 4 aromatic rings. The number of carbonyl (C=O) groups excluding carboxylic acids is 1. The molecule has 0 fully saturated rings. The van der Waals surface area contributed by atoms with Gasteiger partial charge in [0.05, 0.1) is 19.8 Å². The molecule has 45 heavy (non-hydrogen) atoms. The average Bonchev–Trinajstić information content (AvgIpc) is 3.04. The number of allylic oxidation sites excluding steroid dienone is 4. The molecule has 1 aliphatic heterocycles. The van der Waals surface area contributed by atoms with Crippen LogP contribution in [0, 0.1) is 5.41 Å². The largest absolute Gasteiger partial charge is 0.493 e. The first-order valence-electron chi connectivity index (χ1n) is 14.8. The lowest BCUT2D eigenvalue weighted by atomic mass is 9.68. The summed E-state index contributed by atoms with van der Waals surface area (Å²) in [4.78, 5) is 24.2. The molecule has 0 amide bonds. The number of para-hydroxylation sites is 1. The molecule has 7 nitrogen and oxygen atoms in total. The zero-order chi connectivity index (χ0) is 31.9. The highest BCUT2D eigenvalue weighted by molar-refractivity contribution is 6.20. The topological polar surface area (TPSA) is 108 Å². The number of rotatable bonds is 4. The molecule has 7 rings (SSSR count). The monoisotopic (exact) mass is 601 g/mol. The second-order valence-corrected chi connectivity index (χ2v) is 12.1. The van der Waals surface area contributed by atoms with E-state index in [0.717, 1.165) is 50.8 Å². The lowest BCUT2D eigenvalue weighted by Crippen LogP contribution is -2.24. The maximum absolute atomic E-state index is 13.6. The Morgan fingerprint density at radius 3 is 2.47 bits per heavy atom. The van der Waals surface area contributed by atoms with E-state index < -0.39 is 5.97 Å². The third kappa shape index (κ3) is 5.46. The Morgan fingerprint density at radius 2 is 1.71 bits per heavy atom. The van der Waals surface area contributed by atoms with Gasteiger partial charge in [-0.05, 0) is 81.0 Å². The number of carbonyl (C=O) groups is 2. The van der Waals surface area contributed by atoms with Gasteiger partial charge in [0.1, 0.15) is 12.0 Å². The van der Waals surface area contributed by atoms with Crippen molar-refractivity contribution in [2.45, 2.75) is 33.1 Å². The summed E-state index contributed by atoms with van der Waals surface area (Å²) in [5.41, 5.74) is 14.2. The van der Waals surface area contributed by atoms with Crippen LogP contribution < -0.4 is 19.9 Å². The Bertz CT molecular complexity index is 1960. The molecule has 3 N–H and O–H groups in total. The first-order chi connectivity index (χ1) is 21.6.